The van der Waals surface area contributed by atoms with E-state index >= 15 is 0 Å². The first-order valence-corrected chi connectivity index (χ1v) is 14.6. The number of ether oxygens (including phenoxy) is 1. The highest BCUT2D eigenvalue weighted by Crippen LogP contribution is 2.41. The van der Waals surface area contributed by atoms with Gasteiger partial charge in [-0.2, -0.15) is 0 Å². The normalized spacial score (nSPS) is 19.3. The van der Waals surface area contributed by atoms with Gasteiger partial charge < -0.3 is 14.7 Å². The Labute approximate surface area is 230 Å². The second-order valence-electron chi connectivity index (χ2n) is 10.2. The predicted molar refractivity (Wildman–Crippen MR) is 154 cm³/mol. The Morgan fingerprint density at radius 3 is 2.62 bits per heavy atom. The molecule has 1 aliphatic rings. The number of anilines is 2. The van der Waals surface area contributed by atoms with Crippen LogP contribution in [0.2, 0.25) is 0 Å². The topological polar surface area (TPSA) is 49.8 Å². The minimum atomic E-state index is -0.353. The Bertz CT molecular complexity index is 1130. The number of aliphatic hydroxyl groups excluding tert-OH is 1. The van der Waals surface area contributed by atoms with Gasteiger partial charge in [-0.15, -0.1) is 22.9 Å². The maximum absolute atomic E-state index is 12.0. The van der Waals surface area contributed by atoms with Crippen LogP contribution in [0.15, 0.2) is 66.7 Å². The number of aryl methyl sites for hydroxylation is 1. The molecule has 4 rings (SSSR count). The number of hydrogen-bond acceptors (Lipinski definition) is 5. The van der Waals surface area contributed by atoms with Crippen molar-refractivity contribution in [1.29, 1.82) is 0 Å². The van der Waals surface area contributed by atoms with Crippen LogP contribution in [-0.2, 0) is 11.2 Å². The molecule has 2 aromatic carbocycles. The molecule has 1 heterocycles. The number of hydrogen-bond donors (Lipinski definition) is 1. The van der Waals surface area contributed by atoms with E-state index in [1.165, 1.54) is 33.2 Å². The monoisotopic (exact) mass is 539 g/mol. The molecule has 1 N–H and O–H groups in total. The zero-order valence-corrected chi connectivity index (χ0v) is 23.4. The molecule has 198 valence electrons. The second kappa shape index (κ2) is 13.5. The predicted octanol–water partition coefficient (Wildman–Crippen LogP) is 7.82. The highest BCUT2D eigenvalue weighted by Gasteiger charge is 2.36. The third-order valence-corrected chi connectivity index (χ3v) is 9.05. The van der Waals surface area contributed by atoms with E-state index in [-0.39, 0.29) is 24.6 Å². The van der Waals surface area contributed by atoms with Crippen molar-refractivity contribution in [2.75, 3.05) is 24.7 Å². The summed E-state index contributed by atoms with van der Waals surface area (Å²) in [6, 6.07) is 23.4. The quantitative estimate of drug-likeness (QED) is 0.188. The Balaban J connectivity index is 1.42. The van der Waals surface area contributed by atoms with Crippen molar-refractivity contribution in [2.45, 2.75) is 57.2 Å². The summed E-state index contributed by atoms with van der Waals surface area (Å²) in [5.41, 5.74) is 3.78. The lowest BCUT2D eigenvalue weighted by atomic mass is 9.89. The number of rotatable bonds is 12. The first kappa shape index (κ1) is 27.7. The Morgan fingerprint density at radius 1 is 1.08 bits per heavy atom. The number of nitrogens with zero attached hydrogens (tertiary/aromatic N) is 1. The molecular formula is C31H38ClNO3S. The van der Waals surface area contributed by atoms with Crippen LogP contribution in [0.3, 0.4) is 0 Å². The first-order chi connectivity index (χ1) is 18.0. The lowest BCUT2D eigenvalue weighted by Gasteiger charge is -2.32. The molecule has 1 fully saturated rings. The fourth-order valence-electron chi connectivity index (χ4n) is 5.32. The Hall–Kier alpha value is -2.34. The van der Waals surface area contributed by atoms with Gasteiger partial charge in [0.2, 0.25) is 0 Å². The number of alkyl halides is 1. The van der Waals surface area contributed by atoms with E-state index in [2.05, 4.69) is 73.3 Å². The van der Waals surface area contributed by atoms with Crippen LogP contribution in [0.1, 0.15) is 65.6 Å². The number of para-hydroxylation sites is 1. The fourth-order valence-corrected chi connectivity index (χ4v) is 6.67. The third-order valence-electron chi connectivity index (χ3n) is 7.38. The lowest BCUT2D eigenvalue weighted by Crippen LogP contribution is -2.31. The maximum atomic E-state index is 12.0. The van der Waals surface area contributed by atoms with Crippen LogP contribution < -0.4 is 4.90 Å². The molecule has 0 radical (unpaired) electrons. The third kappa shape index (κ3) is 7.37. The van der Waals surface area contributed by atoms with Crippen molar-refractivity contribution in [3.8, 4) is 0 Å². The minimum absolute atomic E-state index is 0.0382. The van der Waals surface area contributed by atoms with Gasteiger partial charge >= 0.3 is 5.97 Å². The van der Waals surface area contributed by atoms with Crippen LogP contribution in [0.4, 0.5) is 11.4 Å². The number of carbonyl (C=O) groups excluding carboxylic acids is 1. The molecule has 1 aromatic heterocycles. The number of benzene rings is 2. The SMILES string of the molecule is CC(C)c1cccc(N(C[C@H]2C(Cl)CC[C@@H]2CCCc2ccc(C(=O)OCCO)s2)c2ccccc2)c1. The molecule has 0 spiro atoms. The van der Waals surface area contributed by atoms with E-state index in [9.17, 15) is 4.79 Å². The molecule has 0 aliphatic heterocycles. The fraction of sp³-hybridized carbons (Fsp3) is 0.452. The van der Waals surface area contributed by atoms with Crippen LogP contribution in [0, 0.1) is 11.8 Å². The van der Waals surface area contributed by atoms with Gasteiger partial charge in [0.15, 0.2) is 0 Å². The molecule has 6 heteroatoms. The summed E-state index contributed by atoms with van der Waals surface area (Å²) in [5.74, 6) is 1.12. The van der Waals surface area contributed by atoms with Gasteiger partial charge in [0, 0.05) is 28.2 Å². The summed E-state index contributed by atoms with van der Waals surface area (Å²) >= 11 is 8.45. The second-order valence-corrected chi connectivity index (χ2v) is 12.0. The zero-order chi connectivity index (χ0) is 26.2. The van der Waals surface area contributed by atoms with Crippen molar-refractivity contribution < 1.29 is 14.6 Å². The molecular weight excluding hydrogens is 502 g/mol. The minimum Gasteiger partial charge on any atom is -0.459 e. The number of thiophene rings is 1. The smallest absolute Gasteiger partial charge is 0.348 e. The first-order valence-electron chi connectivity index (χ1n) is 13.4. The molecule has 0 saturated heterocycles. The molecule has 37 heavy (non-hydrogen) atoms. The van der Waals surface area contributed by atoms with Crippen LogP contribution in [0.25, 0.3) is 0 Å². The molecule has 3 atom stereocenters. The summed E-state index contributed by atoms with van der Waals surface area (Å²) < 4.78 is 5.03. The van der Waals surface area contributed by atoms with E-state index in [0.717, 1.165) is 38.6 Å². The van der Waals surface area contributed by atoms with E-state index in [4.69, 9.17) is 21.4 Å². The molecule has 0 amide bonds. The van der Waals surface area contributed by atoms with E-state index in [1.54, 1.807) is 0 Å². The van der Waals surface area contributed by atoms with Gasteiger partial charge in [-0.25, -0.2) is 4.79 Å². The summed E-state index contributed by atoms with van der Waals surface area (Å²) in [7, 11) is 0. The molecule has 4 nitrogen and oxygen atoms in total. The molecule has 1 unspecified atom stereocenters. The standard InChI is InChI=1S/C31H38ClNO3S/c1-22(2)24-9-6-12-26(20-24)33(25-10-4-3-5-11-25)21-28-23(14-16-29(28)32)8-7-13-27-15-17-30(37-27)31(35)36-19-18-34/h3-6,9-12,15,17,20,22-23,28-29,34H,7-8,13-14,16,18-19,21H2,1-2H3/t23-,28+,29?/m0/s1. The van der Waals surface area contributed by atoms with Gasteiger partial charge in [0.25, 0.3) is 0 Å². The summed E-state index contributed by atoms with van der Waals surface area (Å²) in [6.07, 6.45) is 5.38. The van der Waals surface area contributed by atoms with Gasteiger partial charge in [-0.1, -0.05) is 44.2 Å². The number of aliphatic hydroxyl groups is 1. The molecule has 3 aromatic rings. The summed E-state index contributed by atoms with van der Waals surface area (Å²) in [5, 5.41) is 9.04. The highest BCUT2D eigenvalue weighted by atomic mass is 35.5. The van der Waals surface area contributed by atoms with Crippen molar-refractivity contribution in [2.24, 2.45) is 11.8 Å². The van der Waals surface area contributed by atoms with Crippen molar-refractivity contribution in [3.05, 3.63) is 82.0 Å². The summed E-state index contributed by atoms with van der Waals surface area (Å²) in [6.45, 7) is 5.27. The molecule has 1 aliphatic carbocycles. The lowest BCUT2D eigenvalue weighted by molar-refractivity contribution is 0.0439. The molecule has 1 saturated carbocycles. The van der Waals surface area contributed by atoms with E-state index in [0.29, 0.717) is 22.6 Å². The van der Waals surface area contributed by atoms with Crippen molar-refractivity contribution >= 4 is 40.3 Å². The van der Waals surface area contributed by atoms with Gasteiger partial charge in [0.05, 0.1) is 6.61 Å². The average molecular weight is 540 g/mol. The van der Waals surface area contributed by atoms with Crippen LogP contribution in [-0.4, -0.2) is 36.2 Å². The van der Waals surface area contributed by atoms with E-state index in [1.807, 2.05) is 12.1 Å². The van der Waals surface area contributed by atoms with Crippen LogP contribution >= 0.6 is 22.9 Å². The Morgan fingerprint density at radius 2 is 1.86 bits per heavy atom. The van der Waals surface area contributed by atoms with Gasteiger partial charge in [-0.3, -0.25) is 0 Å². The van der Waals surface area contributed by atoms with Crippen molar-refractivity contribution in [3.63, 3.8) is 0 Å². The van der Waals surface area contributed by atoms with Gasteiger partial charge in [-0.05, 0) is 91.8 Å². The average Bonchev–Trinajstić information content (AvgIpc) is 3.53. The van der Waals surface area contributed by atoms with Crippen LogP contribution in [0.5, 0.6) is 0 Å². The Kier molecular flexibility index (Phi) is 10.1. The maximum Gasteiger partial charge on any atom is 0.348 e. The number of carbonyl (C=O) groups is 1. The highest BCUT2D eigenvalue weighted by molar-refractivity contribution is 7.13. The van der Waals surface area contributed by atoms with Gasteiger partial charge in [0.1, 0.15) is 11.5 Å². The number of halogens is 1. The summed E-state index contributed by atoms with van der Waals surface area (Å²) in [4.78, 5) is 16.3. The van der Waals surface area contributed by atoms with E-state index < -0.39 is 0 Å². The zero-order valence-electron chi connectivity index (χ0n) is 21.8. The van der Waals surface area contributed by atoms with Crippen molar-refractivity contribution in [1.82, 2.24) is 0 Å². The number of esters is 1. The largest absolute Gasteiger partial charge is 0.459 e. The molecule has 0 bridgehead atoms.